The minimum atomic E-state index is -0.0963. The monoisotopic (exact) mass is 266 g/mol. The van der Waals surface area contributed by atoms with Crippen molar-refractivity contribution in [2.45, 2.75) is 32.6 Å². The van der Waals surface area contributed by atoms with Crippen molar-refractivity contribution in [3.8, 4) is 0 Å². The van der Waals surface area contributed by atoms with Gasteiger partial charge in [-0.15, -0.1) is 0 Å². The third-order valence-corrected chi connectivity index (χ3v) is 4.00. The number of hydrogen-bond acceptors (Lipinski definition) is 2. The predicted octanol–water partition coefficient (Wildman–Crippen LogP) is 3.29. The number of nitrogens with one attached hydrogen (secondary N) is 1. The van der Waals surface area contributed by atoms with E-state index in [1.54, 1.807) is 12.3 Å². The molecule has 98 valence electrons. The Labute approximate surface area is 113 Å². The molecular weight excluding hydrogens is 248 g/mol. The van der Waals surface area contributed by atoms with E-state index in [0.717, 1.165) is 12.5 Å². The van der Waals surface area contributed by atoms with Crippen LogP contribution in [-0.2, 0) is 0 Å². The number of amides is 1. The number of carbonyl (C=O) groups excluding carboxylic acids is 1. The molecule has 1 aliphatic rings. The van der Waals surface area contributed by atoms with Gasteiger partial charge in [-0.3, -0.25) is 9.78 Å². The molecule has 0 unspecified atom stereocenters. The van der Waals surface area contributed by atoms with E-state index in [2.05, 4.69) is 17.2 Å². The van der Waals surface area contributed by atoms with Gasteiger partial charge in [0.05, 0.1) is 10.6 Å². The van der Waals surface area contributed by atoms with Crippen LogP contribution < -0.4 is 5.32 Å². The van der Waals surface area contributed by atoms with Crippen molar-refractivity contribution >= 4 is 17.5 Å². The molecule has 1 N–H and O–H groups in total. The molecule has 1 heterocycles. The molecule has 1 saturated carbocycles. The second-order valence-electron chi connectivity index (χ2n) is 5.19. The Kier molecular flexibility index (Phi) is 4.59. The van der Waals surface area contributed by atoms with Crippen LogP contribution in [0.15, 0.2) is 18.5 Å². The van der Waals surface area contributed by atoms with Gasteiger partial charge in [0.25, 0.3) is 5.91 Å². The standard InChI is InChI=1S/C14H19ClN2O/c1-10-2-4-11(5-3-10)8-17-14(18)12-6-7-16-9-13(12)15/h6-7,9-11H,2-5,8H2,1H3,(H,17,18). The number of nitrogens with zero attached hydrogens (tertiary/aromatic N) is 1. The maximum atomic E-state index is 11.9. The summed E-state index contributed by atoms with van der Waals surface area (Å²) in [7, 11) is 0. The van der Waals surface area contributed by atoms with Crippen LogP contribution in [0.2, 0.25) is 5.02 Å². The molecule has 1 aromatic rings. The van der Waals surface area contributed by atoms with Crippen LogP contribution in [0.5, 0.6) is 0 Å². The fraction of sp³-hybridized carbons (Fsp3) is 0.571. The van der Waals surface area contributed by atoms with Crippen LogP contribution in [0.25, 0.3) is 0 Å². The van der Waals surface area contributed by atoms with E-state index in [9.17, 15) is 4.79 Å². The number of hydrogen-bond donors (Lipinski definition) is 1. The minimum absolute atomic E-state index is 0.0963. The second kappa shape index (κ2) is 6.19. The first-order valence-corrected chi connectivity index (χ1v) is 6.92. The van der Waals surface area contributed by atoms with Crippen LogP contribution in [0.4, 0.5) is 0 Å². The summed E-state index contributed by atoms with van der Waals surface area (Å²) in [5, 5.41) is 3.38. The third-order valence-electron chi connectivity index (χ3n) is 3.70. The smallest absolute Gasteiger partial charge is 0.252 e. The summed E-state index contributed by atoms with van der Waals surface area (Å²) < 4.78 is 0. The molecule has 1 aromatic heterocycles. The van der Waals surface area contributed by atoms with Gasteiger partial charge in [0.1, 0.15) is 0 Å². The summed E-state index contributed by atoms with van der Waals surface area (Å²) in [5.41, 5.74) is 0.510. The first-order valence-electron chi connectivity index (χ1n) is 6.54. The Bertz CT molecular complexity index is 414. The van der Waals surface area contributed by atoms with E-state index < -0.39 is 0 Å². The Morgan fingerprint density at radius 1 is 1.44 bits per heavy atom. The molecule has 0 radical (unpaired) electrons. The van der Waals surface area contributed by atoms with Crippen LogP contribution in [0.3, 0.4) is 0 Å². The lowest BCUT2D eigenvalue weighted by molar-refractivity contribution is 0.0942. The number of rotatable bonds is 3. The Balaban J connectivity index is 1.84. The molecule has 0 saturated heterocycles. The second-order valence-corrected chi connectivity index (χ2v) is 5.60. The van der Waals surface area contributed by atoms with Gasteiger partial charge in [0.15, 0.2) is 0 Å². The topological polar surface area (TPSA) is 42.0 Å². The summed E-state index contributed by atoms with van der Waals surface area (Å²) in [5.74, 6) is 1.36. The van der Waals surface area contributed by atoms with E-state index >= 15 is 0 Å². The van der Waals surface area contributed by atoms with Gasteiger partial charge in [-0.1, -0.05) is 31.4 Å². The lowest BCUT2D eigenvalue weighted by atomic mass is 9.83. The van der Waals surface area contributed by atoms with Gasteiger partial charge in [0, 0.05) is 18.9 Å². The van der Waals surface area contributed by atoms with Gasteiger partial charge in [-0.05, 0) is 30.7 Å². The summed E-state index contributed by atoms with van der Waals surface area (Å²) in [4.78, 5) is 15.8. The van der Waals surface area contributed by atoms with Crippen molar-refractivity contribution in [2.24, 2.45) is 11.8 Å². The average molecular weight is 267 g/mol. The highest BCUT2D eigenvalue weighted by Crippen LogP contribution is 2.27. The Morgan fingerprint density at radius 3 is 2.83 bits per heavy atom. The van der Waals surface area contributed by atoms with Crippen LogP contribution in [0, 0.1) is 11.8 Å². The van der Waals surface area contributed by atoms with Crippen molar-refractivity contribution in [3.05, 3.63) is 29.0 Å². The summed E-state index contributed by atoms with van der Waals surface area (Å²) in [6.07, 6.45) is 8.06. The molecule has 1 fully saturated rings. The van der Waals surface area contributed by atoms with Crippen molar-refractivity contribution in [1.82, 2.24) is 10.3 Å². The van der Waals surface area contributed by atoms with E-state index in [-0.39, 0.29) is 5.91 Å². The molecule has 0 spiro atoms. The average Bonchev–Trinajstić information content (AvgIpc) is 2.38. The first kappa shape index (κ1) is 13.3. The third kappa shape index (κ3) is 3.45. The summed E-state index contributed by atoms with van der Waals surface area (Å²) in [6.45, 7) is 3.05. The van der Waals surface area contributed by atoms with Gasteiger partial charge in [-0.25, -0.2) is 0 Å². The molecule has 0 bridgehead atoms. The highest BCUT2D eigenvalue weighted by molar-refractivity contribution is 6.33. The number of carbonyl (C=O) groups is 1. The summed E-state index contributed by atoms with van der Waals surface area (Å²) in [6, 6.07) is 1.65. The number of pyridine rings is 1. The molecule has 0 aliphatic heterocycles. The maximum Gasteiger partial charge on any atom is 0.252 e. The van der Waals surface area contributed by atoms with Crippen molar-refractivity contribution in [3.63, 3.8) is 0 Å². The van der Waals surface area contributed by atoms with Crippen molar-refractivity contribution < 1.29 is 4.79 Å². The molecular formula is C14H19ClN2O. The van der Waals surface area contributed by atoms with E-state index in [0.29, 0.717) is 16.5 Å². The maximum absolute atomic E-state index is 11.9. The zero-order valence-electron chi connectivity index (χ0n) is 10.7. The molecule has 18 heavy (non-hydrogen) atoms. The molecule has 3 nitrogen and oxygen atoms in total. The highest BCUT2D eigenvalue weighted by atomic mass is 35.5. The molecule has 4 heteroatoms. The van der Waals surface area contributed by atoms with Gasteiger partial charge in [0.2, 0.25) is 0 Å². The van der Waals surface area contributed by atoms with Crippen molar-refractivity contribution in [2.75, 3.05) is 6.54 Å². The highest BCUT2D eigenvalue weighted by Gasteiger charge is 2.19. The fourth-order valence-corrected chi connectivity index (χ4v) is 2.63. The van der Waals surface area contributed by atoms with E-state index in [1.165, 1.54) is 31.9 Å². The van der Waals surface area contributed by atoms with Crippen LogP contribution >= 0.6 is 11.6 Å². The fourth-order valence-electron chi connectivity index (χ4n) is 2.42. The Hall–Kier alpha value is -1.09. The number of aromatic nitrogens is 1. The van der Waals surface area contributed by atoms with Crippen LogP contribution in [-0.4, -0.2) is 17.4 Å². The molecule has 2 rings (SSSR count). The van der Waals surface area contributed by atoms with E-state index in [1.807, 2.05) is 0 Å². The normalized spacial score (nSPS) is 23.7. The van der Waals surface area contributed by atoms with Crippen molar-refractivity contribution in [1.29, 1.82) is 0 Å². The largest absolute Gasteiger partial charge is 0.352 e. The van der Waals surface area contributed by atoms with E-state index in [4.69, 9.17) is 11.6 Å². The van der Waals surface area contributed by atoms with Gasteiger partial charge < -0.3 is 5.32 Å². The van der Waals surface area contributed by atoms with Gasteiger partial charge in [-0.2, -0.15) is 0 Å². The minimum Gasteiger partial charge on any atom is -0.352 e. The predicted molar refractivity (Wildman–Crippen MR) is 72.7 cm³/mol. The zero-order valence-corrected chi connectivity index (χ0v) is 11.4. The first-order chi connectivity index (χ1) is 8.66. The SMILES string of the molecule is CC1CCC(CNC(=O)c2ccncc2Cl)CC1. The van der Waals surface area contributed by atoms with Crippen LogP contribution in [0.1, 0.15) is 43.0 Å². The Morgan fingerprint density at radius 2 is 2.17 bits per heavy atom. The zero-order chi connectivity index (χ0) is 13.0. The lowest BCUT2D eigenvalue weighted by Gasteiger charge is -2.26. The molecule has 0 aromatic carbocycles. The number of halogens is 1. The molecule has 0 atom stereocenters. The molecule has 1 aliphatic carbocycles. The quantitative estimate of drug-likeness (QED) is 0.912. The van der Waals surface area contributed by atoms with Gasteiger partial charge >= 0.3 is 0 Å². The summed E-state index contributed by atoms with van der Waals surface area (Å²) >= 11 is 5.94. The lowest BCUT2D eigenvalue weighted by Crippen LogP contribution is -2.31. The molecule has 1 amide bonds.